The zero-order valence-electron chi connectivity index (χ0n) is 12.5. The molecule has 1 amide bonds. The Morgan fingerprint density at radius 1 is 1.26 bits per heavy atom. The minimum absolute atomic E-state index is 0.105. The second kappa shape index (κ2) is 6.60. The fourth-order valence-electron chi connectivity index (χ4n) is 2.51. The lowest BCUT2D eigenvalue weighted by Gasteiger charge is -2.16. The number of benzene rings is 2. The van der Waals surface area contributed by atoms with Gasteiger partial charge < -0.3 is 9.88 Å². The number of aromatic nitrogens is 2. The van der Waals surface area contributed by atoms with Gasteiger partial charge in [0.15, 0.2) is 0 Å². The van der Waals surface area contributed by atoms with Gasteiger partial charge in [-0.3, -0.25) is 4.79 Å². The molecule has 0 saturated carbocycles. The van der Waals surface area contributed by atoms with E-state index in [2.05, 4.69) is 10.3 Å². The zero-order chi connectivity index (χ0) is 16.4. The van der Waals surface area contributed by atoms with Gasteiger partial charge >= 0.3 is 0 Å². The quantitative estimate of drug-likeness (QED) is 0.767. The van der Waals surface area contributed by atoms with Crippen molar-refractivity contribution in [1.82, 2.24) is 14.9 Å². The molecule has 0 spiro atoms. The summed E-state index contributed by atoms with van der Waals surface area (Å²) in [7, 11) is 0. The predicted octanol–water partition coefficient (Wildman–Crippen LogP) is 4.22. The van der Waals surface area contributed by atoms with Gasteiger partial charge in [0.1, 0.15) is 6.54 Å². The number of fused-ring (bicyclic) bond motifs is 1. The molecule has 1 N–H and O–H groups in total. The summed E-state index contributed by atoms with van der Waals surface area (Å²) in [6.07, 6.45) is 1.67. The number of nitrogens with zero attached hydrogens (tertiary/aromatic N) is 2. The molecule has 3 aromatic rings. The number of imidazole rings is 1. The van der Waals surface area contributed by atoms with Crippen LogP contribution in [0.2, 0.25) is 10.0 Å². The maximum Gasteiger partial charge on any atom is 0.240 e. The minimum Gasteiger partial charge on any atom is -0.348 e. The summed E-state index contributed by atoms with van der Waals surface area (Å²) in [5.41, 5.74) is 2.63. The Kier molecular flexibility index (Phi) is 4.55. The molecule has 1 atom stereocenters. The average molecular weight is 348 g/mol. The van der Waals surface area contributed by atoms with Gasteiger partial charge in [0, 0.05) is 10.0 Å². The third-order valence-corrected chi connectivity index (χ3v) is 4.21. The molecular weight excluding hydrogens is 333 g/mol. The molecule has 0 aliphatic carbocycles. The van der Waals surface area contributed by atoms with Crippen LogP contribution in [0.1, 0.15) is 18.5 Å². The number of carbonyl (C=O) groups excluding carboxylic acids is 1. The van der Waals surface area contributed by atoms with Crippen molar-refractivity contribution >= 4 is 40.1 Å². The Bertz CT molecular complexity index is 860. The second-order valence-electron chi connectivity index (χ2n) is 5.32. The van der Waals surface area contributed by atoms with E-state index < -0.39 is 0 Å². The van der Waals surface area contributed by atoms with Gasteiger partial charge in [0.05, 0.1) is 23.4 Å². The standard InChI is InChI=1S/C17H15Cl2N3O/c1-11(13-7-6-12(18)8-14(13)19)21-17(23)9-22-10-20-15-4-2-3-5-16(15)22/h2-8,10-11H,9H2,1H3,(H,21,23). The summed E-state index contributed by atoms with van der Waals surface area (Å²) >= 11 is 12.1. The van der Waals surface area contributed by atoms with Crippen LogP contribution in [0.25, 0.3) is 11.0 Å². The molecule has 2 aromatic carbocycles. The molecule has 1 aromatic heterocycles. The number of carbonyl (C=O) groups is 1. The van der Waals surface area contributed by atoms with Gasteiger partial charge in [-0.15, -0.1) is 0 Å². The smallest absolute Gasteiger partial charge is 0.240 e. The van der Waals surface area contributed by atoms with Crippen LogP contribution in [0.5, 0.6) is 0 Å². The Labute approximate surface area is 144 Å². The molecule has 6 heteroatoms. The average Bonchev–Trinajstić information content (AvgIpc) is 2.90. The third kappa shape index (κ3) is 3.49. The van der Waals surface area contributed by atoms with Gasteiger partial charge in [0.25, 0.3) is 0 Å². The first-order chi connectivity index (χ1) is 11.0. The lowest BCUT2D eigenvalue weighted by Crippen LogP contribution is -2.30. The first-order valence-corrected chi connectivity index (χ1v) is 7.94. The summed E-state index contributed by atoms with van der Waals surface area (Å²) in [6, 6.07) is 12.7. The number of para-hydroxylation sites is 2. The van der Waals surface area contributed by atoms with Gasteiger partial charge in [-0.1, -0.05) is 41.4 Å². The number of amides is 1. The van der Waals surface area contributed by atoms with Gasteiger partial charge in [-0.25, -0.2) is 4.98 Å². The Morgan fingerprint density at radius 2 is 2.04 bits per heavy atom. The topological polar surface area (TPSA) is 46.9 Å². The number of rotatable bonds is 4. The normalized spacial score (nSPS) is 12.3. The molecule has 23 heavy (non-hydrogen) atoms. The summed E-state index contributed by atoms with van der Waals surface area (Å²) in [5.74, 6) is -0.105. The molecule has 0 bridgehead atoms. The van der Waals surface area contributed by atoms with E-state index in [-0.39, 0.29) is 18.5 Å². The molecule has 0 aliphatic rings. The van der Waals surface area contributed by atoms with Crippen LogP contribution in [0.4, 0.5) is 0 Å². The molecule has 0 saturated heterocycles. The van der Waals surface area contributed by atoms with Crippen molar-refractivity contribution < 1.29 is 4.79 Å². The Morgan fingerprint density at radius 3 is 2.83 bits per heavy atom. The van der Waals surface area contributed by atoms with E-state index in [1.165, 1.54) is 0 Å². The van der Waals surface area contributed by atoms with Crippen LogP contribution in [0, 0.1) is 0 Å². The largest absolute Gasteiger partial charge is 0.348 e. The van der Waals surface area contributed by atoms with Crippen LogP contribution in [0.15, 0.2) is 48.8 Å². The lowest BCUT2D eigenvalue weighted by atomic mass is 10.1. The molecule has 0 aliphatic heterocycles. The first kappa shape index (κ1) is 15.8. The maximum atomic E-state index is 12.3. The van der Waals surface area contributed by atoms with Crippen LogP contribution >= 0.6 is 23.2 Å². The third-order valence-electron chi connectivity index (χ3n) is 3.65. The molecule has 1 heterocycles. The predicted molar refractivity (Wildman–Crippen MR) is 92.8 cm³/mol. The van der Waals surface area contributed by atoms with E-state index in [0.29, 0.717) is 10.0 Å². The van der Waals surface area contributed by atoms with E-state index in [0.717, 1.165) is 16.6 Å². The fourth-order valence-corrected chi connectivity index (χ4v) is 3.08. The Hall–Kier alpha value is -2.04. The van der Waals surface area contributed by atoms with Crippen molar-refractivity contribution in [3.8, 4) is 0 Å². The maximum absolute atomic E-state index is 12.3. The van der Waals surface area contributed by atoms with Crippen molar-refractivity contribution in [2.45, 2.75) is 19.5 Å². The van der Waals surface area contributed by atoms with E-state index in [4.69, 9.17) is 23.2 Å². The highest BCUT2D eigenvalue weighted by Crippen LogP contribution is 2.26. The van der Waals surface area contributed by atoms with Crippen LogP contribution in [-0.2, 0) is 11.3 Å². The molecule has 0 fully saturated rings. The van der Waals surface area contributed by atoms with E-state index in [1.807, 2.05) is 41.8 Å². The summed E-state index contributed by atoms with van der Waals surface area (Å²) in [6.45, 7) is 2.09. The SMILES string of the molecule is CC(NC(=O)Cn1cnc2ccccc21)c1ccc(Cl)cc1Cl. The monoisotopic (exact) mass is 347 g/mol. The van der Waals surface area contributed by atoms with Crippen LogP contribution in [0.3, 0.4) is 0 Å². The summed E-state index contributed by atoms with van der Waals surface area (Å²) in [4.78, 5) is 16.6. The number of hydrogen-bond donors (Lipinski definition) is 1. The minimum atomic E-state index is -0.206. The van der Waals surface area contributed by atoms with E-state index >= 15 is 0 Å². The highest BCUT2D eigenvalue weighted by molar-refractivity contribution is 6.35. The molecule has 118 valence electrons. The van der Waals surface area contributed by atoms with Crippen LogP contribution < -0.4 is 5.32 Å². The van der Waals surface area contributed by atoms with E-state index in [9.17, 15) is 4.79 Å². The highest BCUT2D eigenvalue weighted by atomic mass is 35.5. The van der Waals surface area contributed by atoms with Crippen molar-refractivity contribution in [1.29, 1.82) is 0 Å². The Balaban J connectivity index is 1.71. The van der Waals surface area contributed by atoms with E-state index in [1.54, 1.807) is 18.5 Å². The van der Waals surface area contributed by atoms with Crippen molar-refractivity contribution in [3.63, 3.8) is 0 Å². The molecular formula is C17H15Cl2N3O. The number of halogens is 2. The molecule has 0 radical (unpaired) electrons. The molecule has 1 unspecified atom stereocenters. The van der Waals surface area contributed by atoms with Crippen molar-refractivity contribution in [2.75, 3.05) is 0 Å². The van der Waals surface area contributed by atoms with Crippen LogP contribution in [-0.4, -0.2) is 15.5 Å². The van der Waals surface area contributed by atoms with Gasteiger partial charge in [0.2, 0.25) is 5.91 Å². The lowest BCUT2D eigenvalue weighted by molar-refractivity contribution is -0.122. The first-order valence-electron chi connectivity index (χ1n) is 7.19. The fraction of sp³-hybridized carbons (Fsp3) is 0.176. The number of hydrogen-bond acceptors (Lipinski definition) is 2. The second-order valence-corrected chi connectivity index (χ2v) is 6.16. The number of nitrogens with one attached hydrogen (secondary N) is 1. The molecule has 4 nitrogen and oxygen atoms in total. The summed E-state index contributed by atoms with van der Waals surface area (Å²) < 4.78 is 1.82. The van der Waals surface area contributed by atoms with Gasteiger partial charge in [-0.2, -0.15) is 0 Å². The van der Waals surface area contributed by atoms with Gasteiger partial charge in [-0.05, 0) is 36.8 Å². The van der Waals surface area contributed by atoms with Crippen molar-refractivity contribution in [3.05, 3.63) is 64.4 Å². The molecule has 3 rings (SSSR count). The highest BCUT2D eigenvalue weighted by Gasteiger charge is 2.14. The van der Waals surface area contributed by atoms with Crippen molar-refractivity contribution in [2.24, 2.45) is 0 Å². The summed E-state index contributed by atoms with van der Waals surface area (Å²) in [5, 5.41) is 4.06. The zero-order valence-corrected chi connectivity index (χ0v) is 14.0.